The zero-order chi connectivity index (χ0) is 22.8. The average Bonchev–Trinajstić information content (AvgIpc) is 3.24. The van der Waals surface area contributed by atoms with Crippen LogP contribution in [0.1, 0.15) is 16.1 Å². The zero-order valence-corrected chi connectivity index (χ0v) is 18.1. The van der Waals surface area contributed by atoms with Gasteiger partial charge in [0.2, 0.25) is 5.95 Å². The van der Waals surface area contributed by atoms with E-state index in [1.165, 1.54) is 5.56 Å². The molecule has 9 nitrogen and oxygen atoms in total. The number of hydrogen-bond acceptors (Lipinski definition) is 7. The predicted octanol–water partition coefficient (Wildman–Crippen LogP) is 2.85. The Morgan fingerprint density at radius 2 is 2.00 bits per heavy atom. The van der Waals surface area contributed by atoms with Crippen LogP contribution in [-0.2, 0) is 6.54 Å². The van der Waals surface area contributed by atoms with E-state index in [4.69, 9.17) is 5.26 Å². The topological polar surface area (TPSA) is 111 Å². The first-order valence-electron chi connectivity index (χ1n) is 10.6. The van der Waals surface area contributed by atoms with Gasteiger partial charge in [-0.25, -0.2) is 9.50 Å². The van der Waals surface area contributed by atoms with E-state index >= 15 is 0 Å². The molecule has 0 unspecified atom stereocenters. The molecular formula is C24H22N8O. The third-order valence-electron chi connectivity index (χ3n) is 5.65. The van der Waals surface area contributed by atoms with Gasteiger partial charge in [0, 0.05) is 38.4 Å². The van der Waals surface area contributed by atoms with Crippen molar-refractivity contribution in [1.82, 2.24) is 29.8 Å². The lowest BCUT2D eigenvalue weighted by Crippen LogP contribution is -2.45. The smallest absolute Gasteiger partial charge is 0.269 e. The zero-order valence-electron chi connectivity index (χ0n) is 18.1. The normalized spacial score (nSPS) is 13.9. The van der Waals surface area contributed by atoms with Crippen LogP contribution in [0.2, 0.25) is 0 Å². The number of nitriles is 1. The number of pyridine rings is 2. The number of anilines is 2. The van der Waals surface area contributed by atoms with Gasteiger partial charge in [0.1, 0.15) is 5.69 Å². The van der Waals surface area contributed by atoms with Crippen LogP contribution in [0.25, 0.3) is 16.8 Å². The Bertz CT molecular complexity index is 1330. The minimum atomic E-state index is -0.237. The molecule has 1 aromatic carbocycles. The minimum Gasteiger partial charge on any atom is -0.354 e. The number of carbonyl (C=O) groups is 1. The summed E-state index contributed by atoms with van der Waals surface area (Å²) in [6.07, 6.45) is 3.43. The van der Waals surface area contributed by atoms with Gasteiger partial charge in [-0.3, -0.25) is 9.69 Å². The molecule has 1 fully saturated rings. The molecule has 0 atom stereocenters. The maximum atomic E-state index is 11.7. The standard InChI is InChI=1S/C24H22N8O/c1-26-23(33)21-9-8-19(12-27-21)28-24-29-22-20(3-2-10-32(22)30-24)18-6-4-16(5-7-18)13-31-14-17(11-25)15-31/h2-10,12,17H,13-15H2,1H3,(H,26,33)(H,28,30). The Labute approximate surface area is 190 Å². The Morgan fingerprint density at radius 1 is 1.18 bits per heavy atom. The molecule has 0 saturated carbocycles. The van der Waals surface area contributed by atoms with Gasteiger partial charge in [0.25, 0.3) is 5.91 Å². The fourth-order valence-electron chi connectivity index (χ4n) is 3.87. The van der Waals surface area contributed by atoms with Crippen molar-refractivity contribution in [3.05, 3.63) is 72.2 Å². The lowest BCUT2D eigenvalue weighted by Gasteiger charge is -2.35. The van der Waals surface area contributed by atoms with Crippen LogP contribution >= 0.6 is 0 Å². The molecule has 33 heavy (non-hydrogen) atoms. The third kappa shape index (κ3) is 4.24. The van der Waals surface area contributed by atoms with Crippen molar-refractivity contribution in [2.45, 2.75) is 6.54 Å². The highest BCUT2D eigenvalue weighted by molar-refractivity contribution is 5.92. The first-order chi connectivity index (χ1) is 16.1. The summed E-state index contributed by atoms with van der Waals surface area (Å²) in [6, 6.07) is 18.1. The summed E-state index contributed by atoms with van der Waals surface area (Å²) in [5, 5.41) is 19.1. The summed E-state index contributed by atoms with van der Waals surface area (Å²) in [6.45, 7) is 2.54. The SMILES string of the molecule is CNC(=O)c1ccc(Nc2nc3c(-c4ccc(CN5CC(C#N)C5)cc4)cccn3n2)cn1. The minimum absolute atomic E-state index is 0.169. The monoisotopic (exact) mass is 438 g/mol. The first kappa shape index (κ1) is 20.6. The lowest BCUT2D eigenvalue weighted by atomic mass is 10.00. The summed E-state index contributed by atoms with van der Waals surface area (Å²) in [4.78, 5) is 22.7. The number of carbonyl (C=O) groups excluding carboxylic acids is 1. The number of fused-ring (bicyclic) bond motifs is 1. The van der Waals surface area contributed by atoms with Gasteiger partial charge >= 0.3 is 0 Å². The molecule has 1 saturated heterocycles. The summed E-state index contributed by atoms with van der Waals surface area (Å²) in [5.74, 6) is 0.375. The van der Waals surface area contributed by atoms with Gasteiger partial charge < -0.3 is 10.6 Å². The van der Waals surface area contributed by atoms with E-state index in [9.17, 15) is 4.79 Å². The van der Waals surface area contributed by atoms with E-state index in [-0.39, 0.29) is 11.8 Å². The molecule has 0 aliphatic carbocycles. The van der Waals surface area contributed by atoms with Crippen molar-refractivity contribution in [3.8, 4) is 17.2 Å². The molecule has 0 spiro atoms. The van der Waals surface area contributed by atoms with E-state index in [2.05, 4.69) is 60.9 Å². The van der Waals surface area contributed by atoms with Gasteiger partial charge in [-0.15, -0.1) is 5.10 Å². The Morgan fingerprint density at radius 3 is 2.70 bits per heavy atom. The van der Waals surface area contributed by atoms with E-state index in [0.29, 0.717) is 17.3 Å². The highest BCUT2D eigenvalue weighted by Gasteiger charge is 2.25. The molecule has 1 amide bonds. The van der Waals surface area contributed by atoms with Crippen LogP contribution in [0, 0.1) is 17.2 Å². The fourth-order valence-corrected chi connectivity index (χ4v) is 3.87. The van der Waals surface area contributed by atoms with Crippen molar-refractivity contribution >= 4 is 23.2 Å². The van der Waals surface area contributed by atoms with Crippen molar-refractivity contribution in [2.75, 3.05) is 25.5 Å². The largest absolute Gasteiger partial charge is 0.354 e. The quantitative estimate of drug-likeness (QED) is 0.476. The average molecular weight is 438 g/mol. The molecule has 2 N–H and O–H groups in total. The molecule has 4 aromatic rings. The van der Waals surface area contributed by atoms with E-state index in [0.717, 1.165) is 36.4 Å². The number of amides is 1. The van der Waals surface area contributed by atoms with Gasteiger partial charge in [-0.2, -0.15) is 10.2 Å². The number of likely N-dealkylation sites (tertiary alicyclic amines) is 1. The molecule has 4 heterocycles. The molecule has 5 rings (SSSR count). The maximum absolute atomic E-state index is 11.7. The molecule has 164 valence electrons. The Hall–Kier alpha value is -4.29. The summed E-state index contributed by atoms with van der Waals surface area (Å²) >= 11 is 0. The second-order valence-electron chi connectivity index (χ2n) is 7.98. The number of rotatable bonds is 6. The van der Waals surface area contributed by atoms with Crippen LogP contribution < -0.4 is 10.6 Å². The molecule has 9 heteroatoms. The van der Waals surface area contributed by atoms with Gasteiger partial charge in [0.05, 0.1) is 23.9 Å². The van der Waals surface area contributed by atoms with Crippen molar-refractivity contribution < 1.29 is 4.79 Å². The first-order valence-corrected chi connectivity index (χ1v) is 10.6. The van der Waals surface area contributed by atoms with Crippen molar-refractivity contribution in [2.24, 2.45) is 5.92 Å². The summed E-state index contributed by atoms with van der Waals surface area (Å²) < 4.78 is 1.74. The van der Waals surface area contributed by atoms with Crippen LogP contribution in [0.3, 0.4) is 0 Å². The molecule has 0 bridgehead atoms. The van der Waals surface area contributed by atoms with Crippen molar-refractivity contribution in [1.29, 1.82) is 5.26 Å². The summed E-state index contributed by atoms with van der Waals surface area (Å²) in [5.41, 5.74) is 5.02. The number of benzene rings is 1. The van der Waals surface area contributed by atoms with Crippen LogP contribution in [-0.4, -0.2) is 50.5 Å². The van der Waals surface area contributed by atoms with Crippen LogP contribution in [0.4, 0.5) is 11.6 Å². The Kier molecular flexibility index (Phi) is 5.42. The van der Waals surface area contributed by atoms with Crippen molar-refractivity contribution in [3.63, 3.8) is 0 Å². The number of nitrogens with one attached hydrogen (secondary N) is 2. The van der Waals surface area contributed by atoms with Gasteiger partial charge in [-0.1, -0.05) is 24.3 Å². The van der Waals surface area contributed by atoms with E-state index < -0.39 is 0 Å². The molecule has 1 aliphatic heterocycles. The highest BCUT2D eigenvalue weighted by Crippen LogP contribution is 2.26. The molecule has 1 aliphatic rings. The fraction of sp³-hybridized carbons (Fsp3) is 0.208. The Balaban J connectivity index is 1.33. The second-order valence-corrected chi connectivity index (χ2v) is 7.98. The van der Waals surface area contributed by atoms with E-state index in [1.54, 1.807) is 29.9 Å². The van der Waals surface area contributed by atoms with Crippen LogP contribution in [0.15, 0.2) is 60.9 Å². The number of aromatic nitrogens is 4. The molecule has 3 aromatic heterocycles. The number of hydrogen-bond donors (Lipinski definition) is 2. The summed E-state index contributed by atoms with van der Waals surface area (Å²) in [7, 11) is 1.57. The predicted molar refractivity (Wildman–Crippen MR) is 124 cm³/mol. The van der Waals surface area contributed by atoms with E-state index in [1.807, 2.05) is 18.3 Å². The highest BCUT2D eigenvalue weighted by atomic mass is 16.1. The third-order valence-corrected chi connectivity index (χ3v) is 5.65. The number of nitrogens with zero attached hydrogens (tertiary/aromatic N) is 6. The lowest BCUT2D eigenvalue weighted by molar-refractivity contribution is 0.0958. The maximum Gasteiger partial charge on any atom is 0.269 e. The van der Waals surface area contributed by atoms with Gasteiger partial charge in [-0.05, 0) is 35.4 Å². The molecular weight excluding hydrogens is 416 g/mol. The second kappa shape index (κ2) is 8.68. The molecule has 0 radical (unpaired) electrons. The van der Waals surface area contributed by atoms with Gasteiger partial charge in [0.15, 0.2) is 5.65 Å². The van der Waals surface area contributed by atoms with Crippen LogP contribution in [0.5, 0.6) is 0 Å².